The zero-order valence-corrected chi connectivity index (χ0v) is 15.1. The first kappa shape index (κ1) is 18.9. The highest BCUT2D eigenvalue weighted by Crippen LogP contribution is 2.23. The Kier molecular flexibility index (Phi) is 7.21. The molecule has 0 unspecified atom stereocenters. The van der Waals surface area contributed by atoms with Crippen molar-refractivity contribution in [2.75, 3.05) is 13.6 Å². The van der Waals surface area contributed by atoms with Gasteiger partial charge in [0.25, 0.3) is 0 Å². The smallest absolute Gasteiger partial charge is 0.241 e. The van der Waals surface area contributed by atoms with Crippen molar-refractivity contribution in [3.63, 3.8) is 0 Å². The lowest BCUT2D eigenvalue weighted by Gasteiger charge is -2.29. The van der Waals surface area contributed by atoms with Crippen LogP contribution in [0, 0.1) is 0 Å². The van der Waals surface area contributed by atoms with Crippen LogP contribution in [-0.2, 0) is 13.0 Å². The molecule has 0 saturated heterocycles. The van der Waals surface area contributed by atoms with Crippen LogP contribution in [0.4, 0.5) is 0 Å². The van der Waals surface area contributed by atoms with Crippen molar-refractivity contribution in [1.82, 2.24) is 15.0 Å². The second-order valence-corrected chi connectivity index (χ2v) is 6.45. The number of rotatable bonds is 6. The molecule has 5 nitrogen and oxygen atoms in total. The van der Waals surface area contributed by atoms with Crippen LogP contribution in [-0.4, -0.2) is 34.7 Å². The van der Waals surface area contributed by atoms with Crippen LogP contribution < -0.4 is 5.73 Å². The van der Waals surface area contributed by atoms with Gasteiger partial charge in [-0.1, -0.05) is 48.7 Å². The Balaban J connectivity index is 0.00000208. The molecule has 1 fully saturated rings. The van der Waals surface area contributed by atoms with Crippen LogP contribution in [0.15, 0.2) is 28.8 Å². The Labute approximate surface area is 150 Å². The number of nitrogens with two attached hydrogens (primary N) is 1. The van der Waals surface area contributed by atoms with Gasteiger partial charge in [0.15, 0.2) is 0 Å². The van der Waals surface area contributed by atoms with Crippen LogP contribution in [0.1, 0.15) is 43.6 Å². The highest BCUT2D eigenvalue weighted by atomic mass is 35.5. The molecule has 1 aliphatic rings. The number of hydrogen-bond acceptors (Lipinski definition) is 5. The van der Waals surface area contributed by atoms with E-state index in [1.54, 1.807) is 0 Å². The normalized spacial score (nSPS) is 15.5. The lowest BCUT2D eigenvalue weighted by molar-refractivity contribution is 0.165. The van der Waals surface area contributed by atoms with Crippen molar-refractivity contribution in [1.29, 1.82) is 0 Å². The Bertz CT molecular complexity index is 608. The molecule has 0 atom stereocenters. The molecule has 0 radical (unpaired) electrons. The standard InChI is InChI=1S/C18H26N4O.ClH/c1-22(16-5-3-2-4-6-16)13-17-20-18(21-23-17)15-9-7-14(8-10-15)11-12-19;/h7-10,16H,2-6,11-13,19H2,1H3;1H. The Morgan fingerprint density at radius 1 is 1.17 bits per heavy atom. The Morgan fingerprint density at radius 2 is 1.88 bits per heavy atom. The van der Waals surface area contributed by atoms with E-state index in [1.165, 1.54) is 37.7 Å². The van der Waals surface area contributed by atoms with Gasteiger partial charge in [-0.2, -0.15) is 4.98 Å². The van der Waals surface area contributed by atoms with E-state index in [-0.39, 0.29) is 12.4 Å². The van der Waals surface area contributed by atoms with E-state index in [0.717, 1.165) is 18.5 Å². The van der Waals surface area contributed by atoms with Gasteiger partial charge in [0, 0.05) is 11.6 Å². The summed E-state index contributed by atoms with van der Waals surface area (Å²) in [5.74, 6) is 1.36. The molecule has 3 rings (SSSR count). The van der Waals surface area contributed by atoms with Crippen LogP contribution in [0.2, 0.25) is 0 Å². The van der Waals surface area contributed by atoms with Gasteiger partial charge < -0.3 is 10.3 Å². The number of hydrogen-bond donors (Lipinski definition) is 1. The van der Waals surface area contributed by atoms with Gasteiger partial charge in [-0.05, 0) is 38.4 Å². The lowest BCUT2D eigenvalue weighted by Crippen LogP contribution is -2.32. The van der Waals surface area contributed by atoms with Gasteiger partial charge in [-0.15, -0.1) is 12.4 Å². The Morgan fingerprint density at radius 3 is 2.54 bits per heavy atom. The average Bonchev–Trinajstić information content (AvgIpc) is 3.05. The molecule has 2 aromatic rings. The fourth-order valence-electron chi connectivity index (χ4n) is 3.29. The number of nitrogens with zero attached hydrogens (tertiary/aromatic N) is 3. The molecule has 0 aliphatic heterocycles. The van der Waals surface area contributed by atoms with E-state index in [0.29, 0.717) is 24.3 Å². The fourth-order valence-corrected chi connectivity index (χ4v) is 3.29. The fraction of sp³-hybridized carbons (Fsp3) is 0.556. The van der Waals surface area contributed by atoms with Crippen molar-refractivity contribution in [3.05, 3.63) is 35.7 Å². The summed E-state index contributed by atoms with van der Waals surface area (Å²) in [5, 5.41) is 4.12. The predicted molar refractivity (Wildman–Crippen MR) is 98.1 cm³/mol. The molecule has 0 bridgehead atoms. The molecular weight excluding hydrogens is 324 g/mol. The zero-order valence-electron chi connectivity index (χ0n) is 14.3. The topological polar surface area (TPSA) is 68.2 Å². The molecule has 1 aromatic carbocycles. The second-order valence-electron chi connectivity index (χ2n) is 6.45. The van der Waals surface area contributed by atoms with Gasteiger partial charge in [0.1, 0.15) is 0 Å². The molecule has 132 valence electrons. The van der Waals surface area contributed by atoms with E-state index < -0.39 is 0 Å². The highest BCUT2D eigenvalue weighted by Gasteiger charge is 2.20. The summed E-state index contributed by atoms with van der Waals surface area (Å²) in [6.07, 6.45) is 7.48. The number of halogens is 1. The maximum atomic E-state index is 5.58. The van der Waals surface area contributed by atoms with Gasteiger partial charge in [0.2, 0.25) is 11.7 Å². The quantitative estimate of drug-likeness (QED) is 0.864. The van der Waals surface area contributed by atoms with Gasteiger partial charge in [-0.25, -0.2) is 0 Å². The highest BCUT2D eigenvalue weighted by molar-refractivity contribution is 5.85. The van der Waals surface area contributed by atoms with Crippen LogP contribution in [0.5, 0.6) is 0 Å². The second kappa shape index (κ2) is 9.16. The molecule has 1 aliphatic carbocycles. The zero-order chi connectivity index (χ0) is 16.1. The largest absolute Gasteiger partial charge is 0.338 e. The SMILES string of the molecule is CN(Cc1nc(-c2ccc(CCN)cc2)no1)C1CCCCC1.Cl. The molecule has 1 heterocycles. The molecule has 6 heteroatoms. The molecule has 2 N–H and O–H groups in total. The Hall–Kier alpha value is -1.43. The van der Waals surface area contributed by atoms with E-state index in [1.807, 2.05) is 12.1 Å². The average molecular weight is 351 g/mol. The monoisotopic (exact) mass is 350 g/mol. The lowest BCUT2D eigenvalue weighted by atomic mass is 9.94. The minimum absolute atomic E-state index is 0. The molecule has 0 amide bonds. The minimum atomic E-state index is 0. The van der Waals surface area contributed by atoms with E-state index in [2.05, 4.69) is 34.2 Å². The number of benzene rings is 1. The van der Waals surface area contributed by atoms with Gasteiger partial charge in [-0.3, -0.25) is 4.90 Å². The van der Waals surface area contributed by atoms with E-state index in [9.17, 15) is 0 Å². The van der Waals surface area contributed by atoms with E-state index in [4.69, 9.17) is 10.3 Å². The maximum absolute atomic E-state index is 5.58. The van der Waals surface area contributed by atoms with Gasteiger partial charge >= 0.3 is 0 Å². The number of aromatic nitrogens is 2. The first-order valence-corrected chi connectivity index (χ1v) is 8.58. The molecule has 1 saturated carbocycles. The van der Waals surface area contributed by atoms with Crippen LogP contribution >= 0.6 is 12.4 Å². The minimum Gasteiger partial charge on any atom is -0.338 e. The summed E-state index contributed by atoms with van der Waals surface area (Å²) in [5.41, 5.74) is 7.80. The van der Waals surface area contributed by atoms with Crippen molar-refractivity contribution in [2.24, 2.45) is 5.73 Å². The van der Waals surface area contributed by atoms with Crippen molar-refractivity contribution in [3.8, 4) is 11.4 Å². The first-order valence-electron chi connectivity index (χ1n) is 8.58. The molecule has 1 aromatic heterocycles. The first-order chi connectivity index (χ1) is 11.3. The van der Waals surface area contributed by atoms with E-state index >= 15 is 0 Å². The predicted octanol–water partition coefficient (Wildman–Crippen LogP) is 3.42. The van der Waals surface area contributed by atoms with Crippen LogP contribution in [0.3, 0.4) is 0 Å². The summed E-state index contributed by atoms with van der Waals surface area (Å²) in [6.45, 7) is 1.39. The summed E-state index contributed by atoms with van der Waals surface area (Å²) in [7, 11) is 2.15. The molecular formula is C18H27ClN4O. The van der Waals surface area contributed by atoms with Gasteiger partial charge in [0.05, 0.1) is 6.54 Å². The molecule has 24 heavy (non-hydrogen) atoms. The van der Waals surface area contributed by atoms with Crippen molar-refractivity contribution >= 4 is 12.4 Å². The van der Waals surface area contributed by atoms with Crippen LogP contribution in [0.25, 0.3) is 11.4 Å². The summed E-state index contributed by atoms with van der Waals surface area (Å²) in [4.78, 5) is 6.89. The third-order valence-electron chi connectivity index (χ3n) is 4.70. The van der Waals surface area contributed by atoms with Crippen molar-refractivity contribution < 1.29 is 4.52 Å². The maximum Gasteiger partial charge on any atom is 0.241 e. The van der Waals surface area contributed by atoms with Crippen molar-refractivity contribution in [2.45, 2.75) is 51.1 Å². The summed E-state index contributed by atoms with van der Waals surface area (Å²) < 4.78 is 5.44. The third-order valence-corrected chi connectivity index (χ3v) is 4.70. The summed E-state index contributed by atoms with van der Waals surface area (Å²) in [6, 6.07) is 8.86. The summed E-state index contributed by atoms with van der Waals surface area (Å²) >= 11 is 0. The molecule has 0 spiro atoms. The third kappa shape index (κ3) is 4.79.